The van der Waals surface area contributed by atoms with Crippen molar-refractivity contribution in [1.82, 2.24) is 4.98 Å². The summed E-state index contributed by atoms with van der Waals surface area (Å²) in [7, 11) is 1.43. The summed E-state index contributed by atoms with van der Waals surface area (Å²) in [6, 6.07) is 15.2. The number of aromatic hydroxyl groups is 2. The Kier molecular flexibility index (Phi) is 6.19. The Labute approximate surface area is 241 Å². The van der Waals surface area contributed by atoms with Crippen LogP contribution in [0, 0.1) is 0 Å². The van der Waals surface area contributed by atoms with Gasteiger partial charge in [0.2, 0.25) is 5.78 Å². The van der Waals surface area contributed by atoms with E-state index in [0.29, 0.717) is 30.4 Å². The van der Waals surface area contributed by atoms with Crippen LogP contribution in [0.5, 0.6) is 17.2 Å². The molecule has 8 nitrogen and oxygen atoms in total. The fraction of sp³-hybridized carbons (Fsp3) is 0.281. The van der Waals surface area contributed by atoms with Crippen molar-refractivity contribution >= 4 is 33.7 Å². The fourth-order valence-corrected chi connectivity index (χ4v) is 7.42. The number of benzene rings is 3. The largest absolute Gasteiger partial charge is 0.507 e. The molecule has 9 heteroatoms. The molecule has 1 aliphatic heterocycles. The smallest absolute Gasteiger partial charge is 0.202 e. The number of piperazine rings is 1. The molecule has 4 aromatic rings. The van der Waals surface area contributed by atoms with E-state index in [4.69, 9.17) is 9.72 Å². The Morgan fingerprint density at radius 3 is 2.32 bits per heavy atom. The van der Waals surface area contributed by atoms with Gasteiger partial charge < -0.3 is 24.7 Å². The predicted molar refractivity (Wildman–Crippen MR) is 157 cm³/mol. The second-order valence-corrected chi connectivity index (χ2v) is 11.6. The summed E-state index contributed by atoms with van der Waals surface area (Å²) in [5.41, 5.74) is 3.28. The second-order valence-electron chi connectivity index (χ2n) is 10.7. The molecular weight excluding hydrogens is 538 g/mol. The van der Waals surface area contributed by atoms with E-state index in [0.717, 1.165) is 37.0 Å². The van der Waals surface area contributed by atoms with Crippen molar-refractivity contribution < 1.29 is 24.5 Å². The second kappa shape index (κ2) is 9.92. The van der Waals surface area contributed by atoms with E-state index in [-0.39, 0.29) is 45.4 Å². The number of hydrogen-bond donors (Lipinski definition) is 2. The molecule has 1 aromatic heterocycles. The van der Waals surface area contributed by atoms with Crippen molar-refractivity contribution in [2.45, 2.75) is 25.2 Å². The highest BCUT2D eigenvalue weighted by Crippen LogP contribution is 2.49. The lowest BCUT2D eigenvalue weighted by molar-refractivity contribution is 0.0971. The first-order valence-corrected chi connectivity index (χ1v) is 14.7. The summed E-state index contributed by atoms with van der Waals surface area (Å²) in [6.45, 7) is 3.63. The number of anilines is 2. The first-order chi connectivity index (χ1) is 20.0. The first kappa shape index (κ1) is 25.6. The van der Waals surface area contributed by atoms with E-state index in [2.05, 4.69) is 39.4 Å². The van der Waals surface area contributed by atoms with Gasteiger partial charge in [0.15, 0.2) is 10.9 Å². The van der Waals surface area contributed by atoms with E-state index >= 15 is 0 Å². The number of para-hydroxylation sites is 1. The van der Waals surface area contributed by atoms with Gasteiger partial charge in [0.05, 0.1) is 29.5 Å². The molecule has 3 aromatic carbocycles. The lowest BCUT2D eigenvalue weighted by Gasteiger charge is -2.36. The number of ether oxygens (including phenoxy) is 1. The highest BCUT2D eigenvalue weighted by atomic mass is 32.1. The average Bonchev–Trinajstić information content (AvgIpc) is 3.52. The minimum atomic E-state index is -0.513. The molecule has 41 heavy (non-hydrogen) atoms. The standard InChI is InChI=1S/C32H29N3O5S/c1-40-24-9-5-8-21-25(24)31(39)27-26(29(21)37)30(38)22-16-18(10-11-20(22)28(27)36)23-17-41-32(33-23)35-14-12-34(13-15-35)19-6-3-2-4-7-19/h2-9,17-18,36,38H,10-16H2,1H3. The van der Waals surface area contributed by atoms with Crippen molar-refractivity contribution in [3.05, 3.63) is 93.0 Å². The number of phenols is 2. The molecule has 2 aliphatic carbocycles. The van der Waals surface area contributed by atoms with Crippen molar-refractivity contribution in [1.29, 1.82) is 0 Å². The van der Waals surface area contributed by atoms with E-state index in [1.165, 1.54) is 12.8 Å². The van der Waals surface area contributed by atoms with E-state index in [9.17, 15) is 19.8 Å². The van der Waals surface area contributed by atoms with Gasteiger partial charge in [0.1, 0.15) is 17.2 Å². The maximum atomic E-state index is 13.5. The van der Waals surface area contributed by atoms with Crippen molar-refractivity contribution in [3.63, 3.8) is 0 Å². The Balaban J connectivity index is 1.14. The zero-order chi connectivity index (χ0) is 28.2. The molecule has 0 bridgehead atoms. The molecule has 2 N–H and O–H groups in total. The highest BCUT2D eigenvalue weighted by molar-refractivity contribution is 7.13. The van der Waals surface area contributed by atoms with Gasteiger partial charge >= 0.3 is 0 Å². The van der Waals surface area contributed by atoms with Gasteiger partial charge in [-0.05, 0) is 37.5 Å². The number of carbonyl (C=O) groups excluding carboxylic acids is 2. The Bertz CT molecular complexity index is 1690. The average molecular weight is 568 g/mol. The zero-order valence-electron chi connectivity index (χ0n) is 22.6. The molecular formula is C32H29N3O5S. The topological polar surface area (TPSA) is 103 Å². The van der Waals surface area contributed by atoms with Gasteiger partial charge in [-0.15, -0.1) is 11.3 Å². The Hall–Kier alpha value is -4.37. The summed E-state index contributed by atoms with van der Waals surface area (Å²) in [4.78, 5) is 36.7. The van der Waals surface area contributed by atoms with Gasteiger partial charge in [-0.1, -0.05) is 30.3 Å². The van der Waals surface area contributed by atoms with Gasteiger partial charge in [-0.25, -0.2) is 4.98 Å². The number of fused-ring (bicyclic) bond motifs is 3. The molecule has 3 aliphatic rings. The van der Waals surface area contributed by atoms with Crippen LogP contribution in [0.4, 0.5) is 10.8 Å². The Morgan fingerprint density at radius 2 is 1.56 bits per heavy atom. The van der Waals surface area contributed by atoms with Crippen LogP contribution in [-0.2, 0) is 12.8 Å². The monoisotopic (exact) mass is 567 g/mol. The molecule has 2 heterocycles. The van der Waals surface area contributed by atoms with Crippen molar-refractivity contribution in [2.75, 3.05) is 43.1 Å². The van der Waals surface area contributed by atoms with Crippen LogP contribution in [-0.4, -0.2) is 60.1 Å². The maximum Gasteiger partial charge on any atom is 0.202 e. The third-order valence-corrected chi connectivity index (χ3v) is 9.54. The summed E-state index contributed by atoms with van der Waals surface area (Å²) in [5, 5.41) is 25.7. The number of rotatable bonds is 4. The summed E-state index contributed by atoms with van der Waals surface area (Å²) in [5.74, 6) is -1.13. The SMILES string of the molecule is COc1cccc2c1C(=O)c1c(O)c3c(c(O)c1C2=O)CC(c1csc(N2CCN(c4ccccc4)CC2)n1)CC3. The van der Waals surface area contributed by atoms with Crippen LogP contribution in [0.25, 0.3) is 0 Å². The minimum absolute atomic E-state index is 0.0308. The normalized spacial score (nSPS) is 18.1. The molecule has 1 atom stereocenters. The van der Waals surface area contributed by atoms with Crippen LogP contribution in [0.2, 0.25) is 0 Å². The van der Waals surface area contributed by atoms with Crippen LogP contribution < -0.4 is 14.5 Å². The number of carbonyl (C=O) groups is 2. The molecule has 208 valence electrons. The molecule has 1 fully saturated rings. The lowest BCUT2D eigenvalue weighted by atomic mass is 9.75. The van der Waals surface area contributed by atoms with Crippen LogP contribution in [0.1, 0.15) is 61.0 Å². The van der Waals surface area contributed by atoms with E-state index < -0.39 is 11.6 Å². The number of hydrogen-bond acceptors (Lipinski definition) is 9. The zero-order valence-corrected chi connectivity index (χ0v) is 23.4. The van der Waals surface area contributed by atoms with Gasteiger partial charge in [-0.3, -0.25) is 9.59 Å². The Morgan fingerprint density at radius 1 is 0.854 bits per heavy atom. The summed E-state index contributed by atoms with van der Waals surface area (Å²) in [6.07, 6.45) is 1.61. The van der Waals surface area contributed by atoms with Gasteiger partial charge in [0.25, 0.3) is 0 Å². The number of ketones is 2. The van der Waals surface area contributed by atoms with Gasteiger partial charge in [-0.2, -0.15) is 0 Å². The number of nitrogens with zero attached hydrogens (tertiary/aromatic N) is 3. The first-order valence-electron chi connectivity index (χ1n) is 13.8. The molecule has 0 amide bonds. The molecule has 1 saturated heterocycles. The maximum absolute atomic E-state index is 13.5. The molecule has 1 unspecified atom stereocenters. The summed E-state index contributed by atoms with van der Waals surface area (Å²) < 4.78 is 5.33. The number of phenolic OH excluding ortho intramolecular Hbond substituents is 2. The van der Waals surface area contributed by atoms with Crippen molar-refractivity contribution in [3.8, 4) is 17.2 Å². The molecule has 7 rings (SSSR count). The van der Waals surface area contributed by atoms with Crippen LogP contribution >= 0.6 is 11.3 Å². The molecule has 0 spiro atoms. The number of aromatic nitrogens is 1. The van der Waals surface area contributed by atoms with Crippen molar-refractivity contribution in [2.24, 2.45) is 0 Å². The third kappa shape index (κ3) is 4.06. The number of methoxy groups -OCH3 is 1. The highest BCUT2D eigenvalue weighted by Gasteiger charge is 2.40. The van der Waals surface area contributed by atoms with Gasteiger partial charge in [0, 0.05) is 59.9 Å². The van der Waals surface area contributed by atoms with E-state index in [1.54, 1.807) is 29.5 Å². The lowest BCUT2D eigenvalue weighted by Crippen LogP contribution is -2.46. The third-order valence-electron chi connectivity index (χ3n) is 8.62. The van der Waals surface area contributed by atoms with Crippen LogP contribution in [0.15, 0.2) is 53.9 Å². The van der Waals surface area contributed by atoms with E-state index in [1.807, 2.05) is 6.07 Å². The summed E-state index contributed by atoms with van der Waals surface area (Å²) >= 11 is 1.63. The predicted octanol–water partition coefficient (Wildman–Crippen LogP) is 4.94. The quantitative estimate of drug-likeness (QED) is 0.295. The van der Waals surface area contributed by atoms with Crippen LogP contribution in [0.3, 0.4) is 0 Å². The number of thiazole rings is 1. The molecule has 0 saturated carbocycles. The fourth-order valence-electron chi connectivity index (χ4n) is 6.46. The minimum Gasteiger partial charge on any atom is -0.507 e. The molecule has 0 radical (unpaired) electrons.